The van der Waals surface area contributed by atoms with E-state index >= 15 is 0 Å². The van der Waals surface area contributed by atoms with Crippen LogP contribution in [0.5, 0.6) is 0 Å². The number of nitrogens with two attached hydrogens (primary N) is 1. The summed E-state index contributed by atoms with van der Waals surface area (Å²) in [5.41, 5.74) is 5.18. The Morgan fingerprint density at radius 1 is 1.50 bits per heavy atom. The Hall–Kier alpha value is -0.601. The van der Waals surface area contributed by atoms with Crippen LogP contribution in [0.1, 0.15) is 0 Å². The Balaban J connectivity index is 0.000000490. The molecular weight excluding hydrogens is 146 g/mol. The summed E-state index contributed by atoms with van der Waals surface area (Å²) in [6.45, 7) is 0. The van der Waals surface area contributed by atoms with Crippen LogP contribution in [0.2, 0.25) is 0 Å². The predicted molar refractivity (Wildman–Crippen MR) is 26.4 cm³/mol. The van der Waals surface area contributed by atoms with E-state index in [0.717, 1.165) is 0 Å². The van der Waals surface area contributed by atoms with E-state index in [9.17, 15) is 0 Å². The quantitative estimate of drug-likeness (QED) is 0.533. The van der Waals surface area contributed by atoms with E-state index in [4.69, 9.17) is 5.73 Å². The summed E-state index contributed by atoms with van der Waals surface area (Å²) in [5.74, 6) is 0.461. The average molecular weight is 151 g/mol. The zero-order chi connectivity index (χ0) is 5.11. The first-order chi connectivity index (χ1) is 3.39. The van der Waals surface area contributed by atoms with Gasteiger partial charge in [0.25, 0.3) is 0 Å². The van der Waals surface area contributed by atoms with Crippen molar-refractivity contribution in [1.29, 1.82) is 0 Å². The fraction of sp³-hybridized carbons (Fsp3) is 0. The Morgan fingerprint density at radius 3 is 2.50 bits per heavy atom. The molecule has 0 aliphatic rings. The summed E-state index contributed by atoms with van der Waals surface area (Å²) < 4.78 is 0. The van der Waals surface area contributed by atoms with Gasteiger partial charge in [0, 0.05) is 23.3 Å². The van der Waals surface area contributed by atoms with Crippen LogP contribution in [0.15, 0.2) is 18.3 Å². The molecule has 0 saturated carbocycles. The number of rotatable bonds is 0. The van der Waals surface area contributed by atoms with Crippen LogP contribution in [-0.4, -0.2) is 10.2 Å². The second-order valence-corrected chi connectivity index (χ2v) is 1.15. The molecule has 0 spiro atoms. The molecule has 0 aliphatic heterocycles. The van der Waals surface area contributed by atoms with E-state index in [1.165, 1.54) is 0 Å². The molecule has 44 valence electrons. The summed E-state index contributed by atoms with van der Waals surface area (Å²) in [7, 11) is 0. The van der Waals surface area contributed by atoms with Gasteiger partial charge in [-0.25, -0.2) is 0 Å². The molecule has 1 aromatic heterocycles. The van der Waals surface area contributed by atoms with E-state index in [1.54, 1.807) is 18.3 Å². The smallest absolute Gasteiger partial charge is 0.146 e. The summed E-state index contributed by atoms with van der Waals surface area (Å²) in [6.07, 6.45) is 1.58. The molecule has 2 N–H and O–H groups in total. The van der Waals surface area contributed by atoms with Gasteiger partial charge in [-0.15, -0.1) is 5.10 Å². The van der Waals surface area contributed by atoms with Gasteiger partial charge in [0.1, 0.15) is 5.82 Å². The molecule has 1 rings (SSSR count). The number of hydrogen-bond acceptors (Lipinski definition) is 3. The zero-order valence-corrected chi connectivity index (χ0v) is 5.16. The first kappa shape index (κ1) is 7.40. The number of aromatic nitrogens is 2. The third kappa shape index (κ3) is 1.91. The fourth-order valence-corrected chi connectivity index (χ4v) is 0.313. The number of nitrogen functional groups attached to an aromatic ring is 1. The minimum absolute atomic E-state index is 0. The minimum Gasteiger partial charge on any atom is -0.382 e. The molecule has 0 bridgehead atoms. The van der Waals surface area contributed by atoms with Crippen LogP contribution < -0.4 is 5.73 Å². The van der Waals surface area contributed by atoms with Crippen molar-refractivity contribution in [1.82, 2.24) is 10.2 Å². The van der Waals surface area contributed by atoms with E-state index in [1.807, 2.05) is 0 Å². The van der Waals surface area contributed by atoms with Crippen molar-refractivity contribution in [2.24, 2.45) is 0 Å². The summed E-state index contributed by atoms with van der Waals surface area (Å²) in [4.78, 5) is 0. The van der Waals surface area contributed by atoms with Crippen LogP contribution in [0.25, 0.3) is 0 Å². The Morgan fingerprint density at radius 2 is 2.25 bits per heavy atom. The van der Waals surface area contributed by atoms with E-state index in [2.05, 4.69) is 10.2 Å². The van der Waals surface area contributed by atoms with Crippen molar-refractivity contribution in [3.05, 3.63) is 18.3 Å². The first-order valence-corrected chi connectivity index (χ1v) is 1.93. The van der Waals surface area contributed by atoms with Crippen molar-refractivity contribution in [2.45, 2.75) is 0 Å². The Bertz CT molecular complexity index is 141. The second-order valence-electron chi connectivity index (χ2n) is 1.15. The van der Waals surface area contributed by atoms with Crippen molar-refractivity contribution in [2.75, 3.05) is 5.73 Å². The molecule has 0 unspecified atom stereocenters. The van der Waals surface area contributed by atoms with Crippen LogP contribution in [-0.2, 0) is 17.1 Å². The van der Waals surface area contributed by atoms with E-state index in [-0.39, 0.29) is 17.1 Å². The molecule has 0 aliphatic carbocycles. The maximum absolute atomic E-state index is 5.18. The fourth-order valence-electron chi connectivity index (χ4n) is 0.313. The van der Waals surface area contributed by atoms with Crippen LogP contribution in [0.4, 0.5) is 5.82 Å². The maximum Gasteiger partial charge on any atom is 0.146 e. The van der Waals surface area contributed by atoms with Gasteiger partial charge in [-0.1, -0.05) is 0 Å². The van der Waals surface area contributed by atoms with Gasteiger partial charge in [0.2, 0.25) is 0 Å². The van der Waals surface area contributed by atoms with Crippen molar-refractivity contribution in [3.63, 3.8) is 0 Å². The summed E-state index contributed by atoms with van der Waals surface area (Å²) in [5, 5.41) is 7.02. The Labute approximate surface area is 57.8 Å². The van der Waals surface area contributed by atoms with Gasteiger partial charge in [-0.2, -0.15) is 5.10 Å². The van der Waals surface area contributed by atoms with Gasteiger partial charge in [-0.05, 0) is 12.1 Å². The topological polar surface area (TPSA) is 51.8 Å². The predicted octanol–water partition coefficient (Wildman–Crippen LogP) is 0.0563. The normalized spacial score (nSPS) is 7.50. The third-order valence-electron chi connectivity index (χ3n) is 0.593. The number of nitrogens with zero attached hydrogens (tertiary/aromatic N) is 2. The van der Waals surface area contributed by atoms with E-state index in [0.29, 0.717) is 5.82 Å². The van der Waals surface area contributed by atoms with Crippen LogP contribution in [0.3, 0.4) is 0 Å². The molecule has 4 heteroatoms. The number of hydrogen-bond donors (Lipinski definition) is 1. The molecule has 1 heterocycles. The van der Waals surface area contributed by atoms with Crippen LogP contribution in [0, 0.1) is 0 Å². The maximum atomic E-state index is 5.18. The standard InChI is InChI=1S/C4H5N3.Fe/c5-4-2-1-3-6-7-4;/h1-3H,(H2,5,7);. The molecule has 8 heavy (non-hydrogen) atoms. The SMILES string of the molecule is Nc1cccnn1.[Fe]. The van der Waals surface area contributed by atoms with Crippen molar-refractivity contribution >= 4 is 5.82 Å². The molecule has 0 amide bonds. The molecule has 0 fully saturated rings. The van der Waals surface area contributed by atoms with Crippen molar-refractivity contribution in [3.8, 4) is 0 Å². The number of anilines is 1. The van der Waals surface area contributed by atoms with Crippen LogP contribution >= 0.6 is 0 Å². The zero-order valence-electron chi connectivity index (χ0n) is 4.06. The molecule has 0 radical (unpaired) electrons. The molecule has 0 saturated heterocycles. The van der Waals surface area contributed by atoms with Gasteiger partial charge < -0.3 is 5.73 Å². The molecule has 1 aromatic rings. The van der Waals surface area contributed by atoms with Crippen molar-refractivity contribution < 1.29 is 17.1 Å². The third-order valence-corrected chi connectivity index (χ3v) is 0.593. The molecule has 3 nitrogen and oxygen atoms in total. The largest absolute Gasteiger partial charge is 0.382 e. The van der Waals surface area contributed by atoms with Gasteiger partial charge in [0.15, 0.2) is 0 Å². The summed E-state index contributed by atoms with van der Waals surface area (Å²) in [6, 6.07) is 3.43. The molecular formula is C4H5FeN3. The summed E-state index contributed by atoms with van der Waals surface area (Å²) >= 11 is 0. The second kappa shape index (κ2) is 3.41. The molecule has 0 atom stereocenters. The first-order valence-electron chi connectivity index (χ1n) is 1.93. The van der Waals surface area contributed by atoms with Gasteiger partial charge in [-0.3, -0.25) is 0 Å². The van der Waals surface area contributed by atoms with E-state index < -0.39 is 0 Å². The average Bonchev–Trinajstić information content (AvgIpc) is 1.69. The minimum atomic E-state index is 0. The monoisotopic (exact) mass is 151 g/mol. The van der Waals surface area contributed by atoms with Gasteiger partial charge >= 0.3 is 0 Å². The Kier molecular flexibility index (Phi) is 3.15. The molecule has 0 aromatic carbocycles. The van der Waals surface area contributed by atoms with Gasteiger partial charge in [0.05, 0.1) is 0 Å².